The molecule has 0 spiro atoms. The second-order valence-corrected chi connectivity index (χ2v) is 11.1. The third kappa shape index (κ3) is 14.9. The number of carboxylic acid groups (broad SMARTS) is 4. The van der Waals surface area contributed by atoms with Gasteiger partial charge in [-0.1, -0.05) is 0 Å². The van der Waals surface area contributed by atoms with E-state index in [1.165, 1.54) is 6.42 Å². The van der Waals surface area contributed by atoms with Crippen molar-refractivity contribution >= 4 is 33.8 Å². The summed E-state index contributed by atoms with van der Waals surface area (Å²) in [6, 6.07) is -4.74. The molecule has 1 heterocycles. The average Bonchev–Trinajstić information content (AvgIpc) is 2.80. The van der Waals surface area contributed by atoms with Gasteiger partial charge in [0.25, 0.3) is 0 Å². The Labute approximate surface area is 230 Å². The molecule has 0 aliphatic carbocycles. The van der Waals surface area contributed by atoms with Gasteiger partial charge in [-0.2, -0.15) is 0 Å². The molecule has 0 aromatic heterocycles. The summed E-state index contributed by atoms with van der Waals surface area (Å²) in [6.07, 6.45) is 3.20. The topological polar surface area (TPSA) is 235 Å². The van der Waals surface area contributed by atoms with Gasteiger partial charge in [0.05, 0.1) is 0 Å². The maximum atomic E-state index is 12.1. The van der Waals surface area contributed by atoms with Crippen molar-refractivity contribution in [2.75, 3.05) is 26.2 Å². The molecule has 15 nitrogen and oxygen atoms in total. The molecule has 1 fully saturated rings. The van der Waals surface area contributed by atoms with Crippen molar-refractivity contribution in [1.82, 2.24) is 24.4 Å². The minimum absolute atomic E-state index is 0.0420. The maximum absolute atomic E-state index is 12.1. The Kier molecular flexibility index (Phi) is 16.2. The first-order chi connectivity index (χ1) is 18.0. The molecule has 1 saturated heterocycles. The van der Waals surface area contributed by atoms with Gasteiger partial charge in [-0.05, 0) is 0 Å². The van der Waals surface area contributed by atoms with Gasteiger partial charge in [0, 0.05) is 0 Å². The van der Waals surface area contributed by atoms with Gasteiger partial charge in [-0.25, -0.2) is 0 Å². The van der Waals surface area contributed by atoms with Crippen LogP contribution in [0.2, 0.25) is 0 Å². The normalized spacial score (nSPS) is 15.5. The van der Waals surface area contributed by atoms with Crippen LogP contribution in [0.1, 0.15) is 57.8 Å². The van der Waals surface area contributed by atoms with Crippen LogP contribution in [0.4, 0.5) is 9.59 Å². The summed E-state index contributed by atoms with van der Waals surface area (Å²) in [6.45, 7) is 3.50. The molecule has 0 aromatic carbocycles. The number of nitrogens with zero attached hydrogens (tertiary/aromatic N) is 1. The number of likely N-dealkylation sites (tertiary alicyclic amines) is 1. The molecule has 1 rings (SSSR count). The van der Waals surface area contributed by atoms with E-state index in [0.717, 1.165) is 26.1 Å². The number of nitrogens with one attached hydrogen (secondary N) is 4. The van der Waals surface area contributed by atoms with Crippen molar-refractivity contribution in [3.63, 3.8) is 0 Å². The summed E-state index contributed by atoms with van der Waals surface area (Å²) in [4.78, 5) is 71.0. The van der Waals surface area contributed by atoms with E-state index < -0.39 is 75.9 Å². The summed E-state index contributed by atoms with van der Waals surface area (Å²) < 4.78 is 2.62. The van der Waals surface area contributed by atoms with Gasteiger partial charge in [0.1, 0.15) is 0 Å². The predicted octanol–water partition coefficient (Wildman–Crippen LogP) is -3.14. The van der Waals surface area contributed by atoms with Crippen LogP contribution in [0.15, 0.2) is 0 Å². The molecule has 1 aliphatic heterocycles. The number of aliphatic carboxylic acids is 4. The first kappa shape index (κ1) is 33.3. The van der Waals surface area contributed by atoms with Gasteiger partial charge < -0.3 is 5.11 Å². The van der Waals surface area contributed by atoms with E-state index in [1.807, 2.05) is 0 Å². The summed E-state index contributed by atoms with van der Waals surface area (Å²) in [5.41, 5.74) is 0. The van der Waals surface area contributed by atoms with Crippen LogP contribution < -0.4 is 41.0 Å². The Morgan fingerprint density at radius 2 is 1.24 bits per heavy atom. The number of unbranched alkanes of at least 4 members (excludes halogenated alkanes) is 2. The molecule has 0 bridgehead atoms. The van der Waals surface area contributed by atoms with E-state index in [0.29, 0.717) is 32.2 Å². The summed E-state index contributed by atoms with van der Waals surface area (Å²) >= 11 is -1.17. The molecule has 1 aliphatic rings. The first-order valence-electron chi connectivity index (χ1n) is 12.4. The quantitative estimate of drug-likeness (QED) is 0.0201. The van der Waals surface area contributed by atoms with Crippen LogP contribution in [0.5, 0.6) is 0 Å². The third-order valence-corrected chi connectivity index (χ3v) is 7.49. The number of urea groups is 1. The molecule has 38 heavy (non-hydrogen) atoms. The van der Waals surface area contributed by atoms with Gasteiger partial charge in [-0.3, -0.25) is 4.79 Å². The Hall–Kier alpha value is -2.73. The van der Waals surface area contributed by atoms with Crippen molar-refractivity contribution in [3.05, 3.63) is 0 Å². The fraction of sp³-hybridized carbons (Fsp3) is 0.727. The Morgan fingerprint density at radius 1 is 0.711 bits per heavy atom. The molecule has 218 valence electrons. The summed E-state index contributed by atoms with van der Waals surface area (Å²) in [7, 11) is 0. The zero-order valence-corrected chi connectivity index (χ0v) is 23.1. The fourth-order valence-electron chi connectivity index (χ4n) is 3.50. The van der Waals surface area contributed by atoms with E-state index in [1.54, 1.807) is 0 Å². The van der Waals surface area contributed by atoms with Crippen LogP contribution in [-0.2, 0) is 19.2 Å². The molecule has 16 heteroatoms. The molecule has 0 saturated carbocycles. The number of carboxylic acids is 4. The van der Waals surface area contributed by atoms with Crippen LogP contribution in [-0.4, -0.2) is 103 Å². The molecular weight excluding hydrogens is 621 g/mol. The number of rotatable bonds is 21. The SMILES string of the molecule is O=C(O)CCC(NC(=O)NC(CCCCN[I-]C(=O)NC(CCCCN1CCC1)C(=O)O)C(=O)O)C(=O)O. The number of amides is 3. The van der Waals surface area contributed by atoms with Crippen LogP contribution in [0, 0.1) is 0 Å². The molecule has 0 radical (unpaired) electrons. The molecule has 3 atom stereocenters. The first-order valence-corrected chi connectivity index (χ1v) is 14.5. The second kappa shape index (κ2) is 18.5. The van der Waals surface area contributed by atoms with Crippen LogP contribution >= 0.6 is 0 Å². The standard InChI is InChI=1S/C22H37IN5O10/c29-17(30)9-8-16(20(35)36)27-22(38)26-15(19(33)34)6-1-3-10-24-23-21(37)25-14(18(31)32)7-2-4-11-28-12-5-13-28/h14-16,24H,1-13H2,(H,25,37)(H,29,30)(H,31,32)(H,33,34)(H,35,36)(H2,26,27,38)/q-1. The number of carbonyl (C=O) groups is 6. The minimum atomic E-state index is -1.48. The van der Waals surface area contributed by atoms with E-state index in [4.69, 9.17) is 10.2 Å². The van der Waals surface area contributed by atoms with Gasteiger partial charge >= 0.3 is 221 Å². The Balaban J connectivity index is 2.26. The van der Waals surface area contributed by atoms with Gasteiger partial charge in [-0.15, -0.1) is 0 Å². The van der Waals surface area contributed by atoms with Gasteiger partial charge in [0.15, 0.2) is 0 Å². The van der Waals surface area contributed by atoms with E-state index >= 15 is 0 Å². The average molecular weight is 658 g/mol. The predicted molar refractivity (Wildman–Crippen MR) is 128 cm³/mol. The fourth-order valence-corrected chi connectivity index (χ4v) is 5.03. The van der Waals surface area contributed by atoms with E-state index in [9.17, 15) is 39.0 Å². The van der Waals surface area contributed by atoms with E-state index in [-0.39, 0.29) is 16.8 Å². The van der Waals surface area contributed by atoms with Crippen molar-refractivity contribution in [3.8, 4) is 0 Å². The number of hydrogen-bond donors (Lipinski definition) is 8. The molecule has 8 N–H and O–H groups in total. The molecule has 0 aromatic rings. The Morgan fingerprint density at radius 3 is 1.74 bits per heavy atom. The van der Waals surface area contributed by atoms with E-state index in [2.05, 4.69) is 24.4 Å². The third-order valence-electron chi connectivity index (χ3n) is 5.77. The number of halogens is 1. The van der Waals surface area contributed by atoms with Crippen molar-refractivity contribution < 1.29 is 70.7 Å². The molecular formula is C22H37IN5O10-. The Bertz CT molecular complexity index is 826. The summed E-state index contributed by atoms with van der Waals surface area (Å²) in [5.74, 6) is -5.06. The second-order valence-electron chi connectivity index (χ2n) is 8.81. The zero-order chi connectivity index (χ0) is 28.5. The molecule has 3 amide bonds. The van der Waals surface area contributed by atoms with Crippen LogP contribution in [0.25, 0.3) is 0 Å². The zero-order valence-electron chi connectivity index (χ0n) is 21.0. The van der Waals surface area contributed by atoms with Crippen molar-refractivity contribution in [2.24, 2.45) is 0 Å². The molecule has 3 unspecified atom stereocenters. The monoisotopic (exact) mass is 658 g/mol. The number of hydrogen-bond acceptors (Lipinski definition) is 8. The van der Waals surface area contributed by atoms with Crippen molar-refractivity contribution in [1.29, 1.82) is 0 Å². The number of carbonyl (C=O) groups excluding carboxylic acids is 2. The van der Waals surface area contributed by atoms with Crippen LogP contribution in [0.3, 0.4) is 0 Å². The van der Waals surface area contributed by atoms with Crippen molar-refractivity contribution in [2.45, 2.75) is 75.9 Å². The van der Waals surface area contributed by atoms with Gasteiger partial charge in [0.2, 0.25) is 0 Å². The summed E-state index contributed by atoms with van der Waals surface area (Å²) in [5, 5.41) is 43.2.